The Labute approximate surface area is 132 Å². The molecule has 3 aromatic heterocycles. The fourth-order valence-corrected chi connectivity index (χ4v) is 3.52. The normalized spacial score (nSPS) is 16.6. The summed E-state index contributed by atoms with van der Waals surface area (Å²) in [5.41, 5.74) is 2.30. The molecule has 0 radical (unpaired) electrons. The standard InChI is InChI=1S/C15H16N6S/c1-2-21-12-9-16-4-3-11(12)19-13(21)10-20-7-5-17-14(20)15-18-6-8-22-15/h3-9,13,19H,2,10H2,1H3. The lowest BCUT2D eigenvalue weighted by molar-refractivity contribution is 0.574. The minimum Gasteiger partial charge on any atom is -0.362 e. The van der Waals surface area contributed by atoms with Crippen LogP contribution in [0.1, 0.15) is 6.92 Å². The zero-order valence-corrected chi connectivity index (χ0v) is 13.0. The Morgan fingerprint density at radius 2 is 2.23 bits per heavy atom. The predicted molar refractivity (Wildman–Crippen MR) is 88.0 cm³/mol. The van der Waals surface area contributed by atoms with E-state index in [1.165, 1.54) is 0 Å². The number of anilines is 2. The quantitative estimate of drug-likeness (QED) is 0.802. The van der Waals surface area contributed by atoms with Crippen LogP contribution in [0.15, 0.2) is 42.4 Å². The van der Waals surface area contributed by atoms with Crippen molar-refractivity contribution < 1.29 is 0 Å². The van der Waals surface area contributed by atoms with E-state index in [1.54, 1.807) is 11.3 Å². The van der Waals surface area contributed by atoms with Crippen molar-refractivity contribution in [3.05, 3.63) is 42.4 Å². The van der Waals surface area contributed by atoms with Crippen LogP contribution in [0, 0.1) is 0 Å². The molecule has 1 N–H and O–H groups in total. The second-order valence-electron chi connectivity index (χ2n) is 5.08. The number of nitrogens with one attached hydrogen (secondary N) is 1. The molecule has 3 aromatic rings. The first kappa shape index (κ1) is 13.3. The van der Waals surface area contributed by atoms with Crippen molar-refractivity contribution in [1.29, 1.82) is 0 Å². The van der Waals surface area contributed by atoms with E-state index in [-0.39, 0.29) is 6.17 Å². The van der Waals surface area contributed by atoms with Crippen molar-refractivity contribution in [2.24, 2.45) is 0 Å². The molecule has 0 bridgehead atoms. The molecule has 0 saturated carbocycles. The van der Waals surface area contributed by atoms with Crippen LogP contribution in [-0.2, 0) is 6.54 Å². The minimum atomic E-state index is 0.192. The molecule has 0 amide bonds. The summed E-state index contributed by atoms with van der Waals surface area (Å²) in [6.07, 6.45) is 9.58. The zero-order chi connectivity index (χ0) is 14.9. The summed E-state index contributed by atoms with van der Waals surface area (Å²) < 4.78 is 2.15. The second-order valence-corrected chi connectivity index (χ2v) is 5.97. The third-order valence-electron chi connectivity index (χ3n) is 3.86. The molecule has 1 aliphatic rings. The van der Waals surface area contributed by atoms with Gasteiger partial charge in [0.15, 0.2) is 10.8 Å². The van der Waals surface area contributed by atoms with E-state index < -0.39 is 0 Å². The zero-order valence-electron chi connectivity index (χ0n) is 12.2. The van der Waals surface area contributed by atoms with E-state index in [1.807, 2.05) is 42.4 Å². The third kappa shape index (κ3) is 2.14. The minimum absolute atomic E-state index is 0.192. The average molecular weight is 312 g/mol. The van der Waals surface area contributed by atoms with Gasteiger partial charge in [0.1, 0.15) is 6.17 Å². The van der Waals surface area contributed by atoms with E-state index in [9.17, 15) is 0 Å². The number of rotatable bonds is 4. The van der Waals surface area contributed by atoms with Crippen molar-refractivity contribution in [1.82, 2.24) is 19.5 Å². The number of hydrogen-bond donors (Lipinski definition) is 1. The van der Waals surface area contributed by atoms with Gasteiger partial charge in [0.05, 0.1) is 24.1 Å². The maximum absolute atomic E-state index is 4.45. The summed E-state index contributed by atoms with van der Waals surface area (Å²) in [5, 5.41) is 6.49. The molecule has 7 heteroatoms. The van der Waals surface area contributed by atoms with Gasteiger partial charge in [0.2, 0.25) is 0 Å². The number of pyridine rings is 1. The second kappa shape index (κ2) is 5.42. The Kier molecular flexibility index (Phi) is 3.27. The number of thiazole rings is 1. The van der Waals surface area contributed by atoms with Crippen molar-refractivity contribution in [2.75, 3.05) is 16.8 Å². The Hall–Kier alpha value is -2.41. The third-order valence-corrected chi connectivity index (χ3v) is 4.63. The van der Waals surface area contributed by atoms with Gasteiger partial charge >= 0.3 is 0 Å². The van der Waals surface area contributed by atoms with Gasteiger partial charge in [-0.2, -0.15) is 0 Å². The van der Waals surface area contributed by atoms with E-state index in [0.717, 1.165) is 35.3 Å². The van der Waals surface area contributed by atoms with Gasteiger partial charge < -0.3 is 14.8 Å². The molecule has 4 rings (SSSR count). The number of hydrogen-bond acceptors (Lipinski definition) is 6. The summed E-state index contributed by atoms with van der Waals surface area (Å²) in [7, 11) is 0. The highest BCUT2D eigenvalue weighted by molar-refractivity contribution is 7.13. The van der Waals surface area contributed by atoms with Crippen LogP contribution < -0.4 is 10.2 Å². The molecule has 0 saturated heterocycles. The van der Waals surface area contributed by atoms with E-state index in [4.69, 9.17) is 0 Å². The molecular formula is C15H16N6S. The van der Waals surface area contributed by atoms with Crippen LogP contribution >= 0.6 is 11.3 Å². The van der Waals surface area contributed by atoms with Crippen LogP contribution in [0.5, 0.6) is 0 Å². The molecule has 4 heterocycles. The lowest BCUT2D eigenvalue weighted by Gasteiger charge is -2.25. The van der Waals surface area contributed by atoms with Gasteiger partial charge in [-0.15, -0.1) is 11.3 Å². The lowest BCUT2D eigenvalue weighted by Crippen LogP contribution is -2.39. The molecule has 0 aliphatic carbocycles. The Balaban J connectivity index is 1.62. The number of fused-ring (bicyclic) bond motifs is 1. The number of imidazole rings is 1. The largest absolute Gasteiger partial charge is 0.362 e. The Morgan fingerprint density at radius 3 is 3.05 bits per heavy atom. The van der Waals surface area contributed by atoms with Crippen molar-refractivity contribution >= 4 is 22.7 Å². The molecule has 0 fully saturated rings. The van der Waals surface area contributed by atoms with Crippen molar-refractivity contribution in [3.8, 4) is 10.8 Å². The average Bonchev–Trinajstić information content (AvgIpc) is 3.26. The first-order valence-electron chi connectivity index (χ1n) is 7.25. The molecule has 6 nitrogen and oxygen atoms in total. The SMILES string of the molecule is CCN1c2cnccc2NC1Cn1ccnc1-c1nccs1. The number of aromatic nitrogens is 4. The molecule has 1 aliphatic heterocycles. The summed E-state index contributed by atoms with van der Waals surface area (Å²) in [4.78, 5) is 15.4. The maximum atomic E-state index is 4.45. The van der Waals surface area contributed by atoms with Crippen LogP contribution in [0.3, 0.4) is 0 Å². The molecule has 0 spiro atoms. The first-order chi connectivity index (χ1) is 10.9. The van der Waals surface area contributed by atoms with Crippen LogP contribution in [-0.4, -0.2) is 32.2 Å². The Bertz CT molecular complexity index is 766. The van der Waals surface area contributed by atoms with E-state index in [2.05, 4.69) is 36.7 Å². The van der Waals surface area contributed by atoms with Gasteiger partial charge in [-0.25, -0.2) is 9.97 Å². The van der Waals surface area contributed by atoms with Gasteiger partial charge in [0, 0.05) is 36.7 Å². The predicted octanol–water partition coefficient (Wildman–Crippen LogP) is 2.68. The number of likely N-dealkylation sites (N-methyl/N-ethyl adjacent to an activating group) is 1. The highest BCUT2D eigenvalue weighted by atomic mass is 32.1. The highest BCUT2D eigenvalue weighted by Gasteiger charge is 2.28. The molecule has 22 heavy (non-hydrogen) atoms. The summed E-state index contributed by atoms with van der Waals surface area (Å²) >= 11 is 1.61. The number of nitrogens with zero attached hydrogens (tertiary/aromatic N) is 5. The molecular weight excluding hydrogens is 296 g/mol. The molecule has 1 atom stereocenters. The first-order valence-corrected chi connectivity index (χ1v) is 8.13. The smallest absolute Gasteiger partial charge is 0.169 e. The van der Waals surface area contributed by atoms with Gasteiger partial charge in [-0.1, -0.05) is 0 Å². The molecule has 112 valence electrons. The van der Waals surface area contributed by atoms with Gasteiger partial charge in [-0.05, 0) is 13.0 Å². The Morgan fingerprint density at radius 1 is 1.27 bits per heavy atom. The van der Waals surface area contributed by atoms with E-state index >= 15 is 0 Å². The fraction of sp³-hybridized carbons (Fsp3) is 0.267. The highest BCUT2D eigenvalue weighted by Crippen LogP contribution is 2.34. The molecule has 1 unspecified atom stereocenters. The fourth-order valence-electron chi connectivity index (χ4n) is 2.87. The van der Waals surface area contributed by atoms with Gasteiger partial charge in [-0.3, -0.25) is 4.98 Å². The molecule has 0 aromatic carbocycles. The van der Waals surface area contributed by atoms with Crippen LogP contribution in [0.2, 0.25) is 0 Å². The van der Waals surface area contributed by atoms with Crippen LogP contribution in [0.4, 0.5) is 11.4 Å². The monoisotopic (exact) mass is 312 g/mol. The summed E-state index contributed by atoms with van der Waals surface area (Å²) in [6.45, 7) is 3.89. The van der Waals surface area contributed by atoms with Crippen molar-refractivity contribution in [3.63, 3.8) is 0 Å². The van der Waals surface area contributed by atoms with E-state index in [0.29, 0.717) is 0 Å². The topological polar surface area (TPSA) is 58.9 Å². The summed E-state index contributed by atoms with van der Waals surface area (Å²) in [6, 6.07) is 2.02. The lowest BCUT2D eigenvalue weighted by atomic mass is 10.3. The summed E-state index contributed by atoms with van der Waals surface area (Å²) in [5.74, 6) is 0.918. The van der Waals surface area contributed by atoms with Gasteiger partial charge in [0.25, 0.3) is 0 Å². The van der Waals surface area contributed by atoms with Crippen LogP contribution in [0.25, 0.3) is 10.8 Å². The maximum Gasteiger partial charge on any atom is 0.169 e. The van der Waals surface area contributed by atoms with Crippen molar-refractivity contribution in [2.45, 2.75) is 19.6 Å².